The van der Waals surface area contributed by atoms with Crippen LogP contribution in [0.3, 0.4) is 0 Å². The Labute approximate surface area is 178 Å². The summed E-state index contributed by atoms with van der Waals surface area (Å²) >= 11 is 0. The lowest BCUT2D eigenvalue weighted by molar-refractivity contribution is -0.125. The Kier molecular flexibility index (Phi) is 5.84. The van der Waals surface area contributed by atoms with Crippen molar-refractivity contribution in [1.82, 2.24) is 4.31 Å². The monoisotopic (exact) mass is 428 g/mol. The number of hydrogen-bond donors (Lipinski definition) is 1. The lowest BCUT2D eigenvalue weighted by Crippen LogP contribution is -2.57. The van der Waals surface area contributed by atoms with Gasteiger partial charge in [-0.05, 0) is 63.3 Å². The summed E-state index contributed by atoms with van der Waals surface area (Å²) in [4.78, 5) is 13.4. The smallest absolute Gasteiger partial charge is 0.243 e. The number of carbonyl (C=O) groups excluding carboxylic acids is 1. The Balaban J connectivity index is 1.53. The fraction of sp³-hybridized carbons (Fsp3) is 0.435. The highest BCUT2D eigenvalue weighted by molar-refractivity contribution is 7.89. The zero-order valence-corrected chi connectivity index (χ0v) is 18.1. The van der Waals surface area contributed by atoms with Gasteiger partial charge in [0.25, 0.3) is 0 Å². The largest absolute Gasteiger partial charge is 0.491 e. The lowest BCUT2D eigenvalue weighted by atomic mass is 9.73. The molecule has 2 heterocycles. The Bertz CT molecular complexity index is 1010. The van der Waals surface area contributed by atoms with Gasteiger partial charge >= 0.3 is 0 Å². The van der Waals surface area contributed by atoms with E-state index in [4.69, 9.17) is 4.74 Å². The molecule has 3 unspecified atom stereocenters. The van der Waals surface area contributed by atoms with Crippen LogP contribution >= 0.6 is 0 Å². The van der Waals surface area contributed by atoms with Gasteiger partial charge in [-0.1, -0.05) is 24.3 Å². The van der Waals surface area contributed by atoms with Crippen molar-refractivity contribution in [2.24, 2.45) is 11.8 Å². The van der Waals surface area contributed by atoms with E-state index in [-0.39, 0.29) is 34.8 Å². The van der Waals surface area contributed by atoms with Crippen LogP contribution < -0.4 is 10.1 Å². The van der Waals surface area contributed by atoms with Crippen molar-refractivity contribution < 1.29 is 17.9 Å². The molecule has 1 N–H and O–H groups in total. The number of hydrogen-bond acceptors (Lipinski definition) is 4. The fourth-order valence-corrected chi connectivity index (χ4v) is 6.37. The first-order valence-electron chi connectivity index (χ1n) is 10.5. The minimum absolute atomic E-state index is 0.0433. The van der Waals surface area contributed by atoms with Crippen LogP contribution in [0.5, 0.6) is 5.75 Å². The lowest BCUT2D eigenvalue weighted by Gasteiger charge is -2.48. The molecular formula is C23H28N2O4S. The van der Waals surface area contributed by atoms with Crippen molar-refractivity contribution in [2.45, 2.75) is 50.2 Å². The summed E-state index contributed by atoms with van der Waals surface area (Å²) in [6, 6.07) is 15.5. The molecule has 2 aliphatic heterocycles. The summed E-state index contributed by atoms with van der Waals surface area (Å²) in [5, 5.41) is 2.98. The molecule has 0 spiro atoms. The molecule has 5 rings (SSSR count). The van der Waals surface area contributed by atoms with E-state index in [1.165, 1.54) is 0 Å². The number of benzene rings is 2. The number of nitrogens with one attached hydrogen (secondary N) is 1. The number of ether oxygens (including phenoxy) is 1. The topological polar surface area (TPSA) is 75.7 Å². The summed E-state index contributed by atoms with van der Waals surface area (Å²) in [7, 11) is -3.62. The SMILES string of the molecule is CC(C)Oc1cccc(NC(=O)C2CC3CCC2N(S(=O)(=O)c2ccccc2)C3)c1. The van der Waals surface area contributed by atoms with E-state index in [1.807, 2.05) is 32.0 Å². The number of carbonyl (C=O) groups is 1. The molecule has 7 heteroatoms. The van der Waals surface area contributed by atoms with Gasteiger partial charge < -0.3 is 10.1 Å². The maximum Gasteiger partial charge on any atom is 0.243 e. The fourth-order valence-electron chi connectivity index (χ4n) is 4.58. The highest BCUT2D eigenvalue weighted by Crippen LogP contribution is 2.42. The predicted molar refractivity (Wildman–Crippen MR) is 116 cm³/mol. The van der Waals surface area contributed by atoms with Crippen LogP contribution in [-0.4, -0.2) is 37.3 Å². The third-order valence-electron chi connectivity index (χ3n) is 5.89. The first-order valence-corrected chi connectivity index (χ1v) is 11.9. The van der Waals surface area contributed by atoms with Gasteiger partial charge in [-0.3, -0.25) is 4.79 Å². The van der Waals surface area contributed by atoms with Crippen LogP contribution in [0, 0.1) is 11.8 Å². The number of piperidine rings is 2. The molecule has 1 aliphatic carbocycles. The number of amides is 1. The van der Waals surface area contributed by atoms with Crippen LogP contribution in [0.25, 0.3) is 0 Å². The van der Waals surface area contributed by atoms with Crippen LogP contribution in [0.15, 0.2) is 59.5 Å². The second-order valence-electron chi connectivity index (χ2n) is 8.42. The van der Waals surface area contributed by atoms with Crippen LogP contribution in [-0.2, 0) is 14.8 Å². The average Bonchev–Trinajstić information content (AvgIpc) is 2.74. The zero-order chi connectivity index (χ0) is 21.3. The highest BCUT2D eigenvalue weighted by Gasteiger charge is 2.48. The van der Waals surface area contributed by atoms with E-state index >= 15 is 0 Å². The van der Waals surface area contributed by atoms with Gasteiger partial charge in [-0.25, -0.2) is 8.42 Å². The molecule has 30 heavy (non-hydrogen) atoms. The van der Waals surface area contributed by atoms with Crippen molar-refractivity contribution >= 4 is 21.6 Å². The number of rotatable bonds is 6. The zero-order valence-electron chi connectivity index (χ0n) is 17.3. The average molecular weight is 429 g/mol. The van der Waals surface area contributed by atoms with Gasteiger partial charge in [0.1, 0.15) is 5.75 Å². The van der Waals surface area contributed by atoms with Gasteiger partial charge in [-0.2, -0.15) is 4.31 Å². The van der Waals surface area contributed by atoms with E-state index in [9.17, 15) is 13.2 Å². The third kappa shape index (κ3) is 4.23. The molecule has 3 atom stereocenters. The summed E-state index contributed by atoms with van der Waals surface area (Å²) in [5.41, 5.74) is 0.664. The molecule has 2 bridgehead atoms. The molecule has 3 aliphatic rings. The van der Waals surface area contributed by atoms with Crippen LogP contribution in [0.2, 0.25) is 0 Å². The van der Waals surface area contributed by atoms with Gasteiger partial charge in [0.05, 0.1) is 16.9 Å². The number of sulfonamides is 1. The van der Waals surface area contributed by atoms with E-state index in [1.54, 1.807) is 40.7 Å². The summed E-state index contributed by atoms with van der Waals surface area (Å²) in [6.45, 7) is 4.39. The van der Waals surface area contributed by atoms with E-state index < -0.39 is 10.0 Å². The molecule has 2 aromatic rings. The number of anilines is 1. The third-order valence-corrected chi connectivity index (χ3v) is 7.80. The first-order chi connectivity index (χ1) is 14.3. The number of fused-ring (bicyclic) bond motifs is 3. The maximum atomic E-state index is 13.2. The van der Waals surface area contributed by atoms with Crippen molar-refractivity contribution in [3.8, 4) is 5.75 Å². The minimum atomic E-state index is -3.62. The molecule has 0 radical (unpaired) electrons. The Morgan fingerprint density at radius 2 is 1.87 bits per heavy atom. The standard InChI is InChI=1S/C23H28N2O4S/c1-16(2)29-19-8-6-7-18(14-19)24-23(26)21-13-17-11-12-22(21)25(15-17)30(27,28)20-9-4-3-5-10-20/h3-10,14,16-17,21-22H,11-13,15H2,1-2H3,(H,24,26). The quantitative estimate of drug-likeness (QED) is 0.757. The molecule has 1 saturated carbocycles. The highest BCUT2D eigenvalue weighted by atomic mass is 32.2. The molecule has 2 aromatic carbocycles. The Morgan fingerprint density at radius 3 is 2.57 bits per heavy atom. The molecule has 0 aromatic heterocycles. The van der Waals surface area contributed by atoms with Gasteiger partial charge in [-0.15, -0.1) is 0 Å². The van der Waals surface area contributed by atoms with E-state index in [2.05, 4.69) is 5.32 Å². The van der Waals surface area contributed by atoms with Crippen molar-refractivity contribution in [3.05, 3.63) is 54.6 Å². The van der Waals surface area contributed by atoms with E-state index in [0.29, 0.717) is 24.4 Å². The summed E-state index contributed by atoms with van der Waals surface area (Å²) in [5.74, 6) is 0.422. The van der Waals surface area contributed by atoms with Crippen molar-refractivity contribution in [2.75, 3.05) is 11.9 Å². The molecular weight excluding hydrogens is 400 g/mol. The van der Waals surface area contributed by atoms with Crippen LogP contribution in [0.4, 0.5) is 5.69 Å². The normalized spacial score (nSPS) is 24.0. The Morgan fingerprint density at radius 1 is 1.10 bits per heavy atom. The molecule has 2 saturated heterocycles. The van der Waals surface area contributed by atoms with Gasteiger partial charge in [0.15, 0.2) is 0 Å². The van der Waals surface area contributed by atoms with Gasteiger partial charge in [0, 0.05) is 24.3 Å². The Hall–Kier alpha value is -2.38. The predicted octanol–water partition coefficient (Wildman–Crippen LogP) is 3.90. The molecule has 160 valence electrons. The second kappa shape index (κ2) is 8.40. The summed E-state index contributed by atoms with van der Waals surface area (Å²) < 4.78 is 33.7. The molecule has 6 nitrogen and oxygen atoms in total. The molecule has 1 amide bonds. The maximum absolute atomic E-state index is 13.2. The van der Waals surface area contributed by atoms with E-state index in [0.717, 1.165) is 12.8 Å². The first kappa shape index (κ1) is 20.9. The van der Waals surface area contributed by atoms with Crippen molar-refractivity contribution in [1.29, 1.82) is 0 Å². The van der Waals surface area contributed by atoms with Crippen LogP contribution in [0.1, 0.15) is 33.1 Å². The minimum Gasteiger partial charge on any atom is -0.491 e. The summed E-state index contributed by atoms with van der Waals surface area (Å²) in [6.07, 6.45) is 2.44. The second-order valence-corrected chi connectivity index (χ2v) is 10.3. The van der Waals surface area contributed by atoms with Gasteiger partial charge in [0.2, 0.25) is 15.9 Å². The number of nitrogens with zero attached hydrogens (tertiary/aromatic N) is 1. The molecule has 3 fully saturated rings. The van der Waals surface area contributed by atoms with Crippen molar-refractivity contribution in [3.63, 3.8) is 0 Å².